The van der Waals surface area contributed by atoms with Gasteiger partial charge < -0.3 is 14.8 Å². The summed E-state index contributed by atoms with van der Waals surface area (Å²) in [6, 6.07) is 10.1. The van der Waals surface area contributed by atoms with Gasteiger partial charge in [0, 0.05) is 17.1 Å². The summed E-state index contributed by atoms with van der Waals surface area (Å²) in [4.78, 5) is 0. The first kappa shape index (κ1) is 16.2. The quantitative estimate of drug-likeness (QED) is 0.894. The summed E-state index contributed by atoms with van der Waals surface area (Å²) in [5.41, 5.74) is 2.50. The van der Waals surface area contributed by atoms with Crippen molar-refractivity contribution in [3.05, 3.63) is 52.8 Å². The van der Waals surface area contributed by atoms with E-state index in [2.05, 4.69) is 5.32 Å². The fourth-order valence-electron chi connectivity index (χ4n) is 2.81. The molecule has 1 fully saturated rings. The minimum Gasteiger partial charge on any atom is -0.496 e. The van der Waals surface area contributed by atoms with Crippen molar-refractivity contribution in [3.63, 3.8) is 0 Å². The molecule has 1 N–H and O–H groups in total. The Kier molecular flexibility index (Phi) is 5.16. The highest BCUT2D eigenvalue weighted by atomic mass is 35.5. The minimum atomic E-state index is -0.280. The molecule has 0 aromatic heterocycles. The van der Waals surface area contributed by atoms with Crippen molar-refractivity contribution in [3.8, 4) is 16.9 Å². The van der Waals surface area contributed by atoms with Gasteiger partial charge >= 0.3 is 0 Å². The number of rotatable bonds is 5. The number of halogens is 2. The molecule has 1 saturated heterocycles. The second-order valence-corrected chi connectivity index (χ2v) is 6.01. The van der Waals surface area contributed by atoms with Gasteiger partial charge in [-0.05, 0) is 54.4 Å². The number of benzene rings is 2. The molecule has 1 heterocycles. The smallest absolute Gasteiger partial charge is 0.126 e. The van der Waals surface area contributed by atoms with E-state index in [4.69, 9.17) is 21.1 Å². The molecular weight excluding hydrogens is 317 g/mol. The third kappa shape index (κ3) is 3.83. The topological polar surface area (TPSA) is 30.5 Å². The zero-order valence-corrected chi connectivity index (χ0v) is 13.7. The molecule has 0 spiro atoms. The summed E-state index contributed by atoms with van der Waals surface area (Å²) in [6.45, 7) is 2.16. The second-order valence-electron chi connectivity index (χ2n) is 5.57. The lowest BCUT2D eigenvalue weighted by atomic mass is 9.99. The summed E-state index contributed by atoms with van der Waals surface area (Å²) in [6.07, 6.45) is 1.15. The molecule has 0 aliphatic carbocycles. The predicted molar refractivity (Wildman–Crippen MR) is 89.5 cm³/mol. The summed E-state index contributed by atoms with van der Waals surface area (Å²) >= 11 is 6.12. The van der Waals surface area contributed by atoms with E-state index in [1.54, 1.807) is 19.2 Å². The van der Waals surface area contributed by atoms with Gasteiger partial charge in [-0.3, -0.25) is 0 Å². The Balaban J connectivity index is 1.93. The fraction of sp³-hybridized carbons (Fsp3) is 0.333. The van der Waals surface area contributed by atoms with E-state index in [1.807, 2.05) is 12.1 Å². The maximum absolute atomic E-state index is 13.7. The van der Waals surface area contributed by atoms with Crippen molar-refractivity contribution in [2.24, 2.45) is 0 Å². The monoisotopic (exact) mass is 335 g/mol. The van der Waals surface area contributed by atoms with Gasteiger partial charge in [-0.15, -0.1) is 0 Å². The average Bonchev–Trinajstić information content (AvgIpc) is 3.06. The number of hydrogen-bond donors (Lipinski definition) is 1. The number of nitrogens with one attached hydrogen (secondary N) is 1. The molecule has 1 aliphatic rings. The normalized spacial score (nSPS) is 17.4. The highest BCUT2D eigenvalue weighted by Gasteiger charge is 2.17. The van der Waals surface area contributed by atoms with Crippen molar-refractivity contribution in [2.75, 3.05) is 20.2 Å². The van der Waals surface area contributed by atoms with Gasteiger partial charge in [0.1, 0.15) is 11.6 Å². The first-order chi connectivity index (χ1) is 11.2. The van der Waals surface area contributed by atoms with Crippen LogP contribution in [0.5, 0.6) is 5.75 Å². The van der Waals surface area contributed by atoms with Crippen molar-refractivity contribution >= 4 is 11.6 Å². The third-order valence-corrected chi connectivity index (χ3v) is 4.24. The maximum Gasteiger partial charge on any atom is 0.126 e. The molecule has 1 atom stereocenters. The zero-order valence-electron chi connectivity index (χ0n) is 12.9. The summed E-state index contributed by atoms with van der Waals surface area (Å²) < 4.78 is 25.0. The molecule has 3 rings (SSSR count). The number of hydrogen-bond acceptors (Lipinski definition) is 3. The van der Waals surface area contributed by atoms with Crippen LogP contribution in [-0.4, -0.2) is 26.3 Å². The molecule has 3 nitrogen and oxygen atoms in total. The Morgan fingerprint density at radius 2 is 2.09 bits per heavy atom. The van der Waals surface area contributed by atoms with Gasteiger partial charge in [-0.25, -0.2) is 4.39 Å². The number of methoxy groups -OCH3 is 1. The molecule has 122 valence electrons. The Labute approximate surface area is 140 Å². The molecule has 1 aliphatic heterocycles. The van der Waals surface area contributed by atoms with E-state index < -0.39 is 0 Å². The van der Waals surface area contributed by atoms with Crippen molar-refractivity contribution in [2.45, 2.75) is 19.1 Å². The minimum absolute atomic E-state index is 0.173. The van der Waals surface area contributed by atoms with Crippen LogP contribution in [0, 0.1) is 5.82 Å². The van der Waals surface area contributed by atoms with Gasteiger partial charge in [0.05, 0.1) is 19.8 Å². The van der Waals surface area contributed by atoms with Crippen LogP contribution in [0.25, 0.3) is 11.1 Å². The molecule has 0 amide bonds. The van der Waals surface area contributed by atoms with Gasteiger partial charge in [0.15, 0.2) is 0 Å². The largest absolute Gasteiger partial charge is 0.496 e. The van der Waals surface area contributed by atoms with E-state index in [1.165, 1.54) is 12.1 Å². The molecule has 2 aromatic carbocycles. The molecule has 0 saturated carbocycles. The Bertz CT molecular complexity index is 687. The summed E-state index contributed by atoms with van der Waals surface area (Å²) in [5.74, 6) is 0.419. The van der Waals surface area contributed by atoms with E-state index in [0.717, 1.165) is 36.2 Å². The van der Waals surface area contributed by atoms with E-state index >= 15 is 0 Å². The standard InChI is InChI=1S/C18H19ClFNO2/c1-22-18-5-2-13(19)9-17(18)16-4-3-14(20)8-12(16)11-23-15-6-7-21-10-15/h2-5,8-9,15,21H,6-7,10-11H2,1H3. The van der Waals surface area contributed by atoms with E-state index in [-0.39, 0.29) is 11.9 Å². The van der Waals surface area contributed by atoms with Gasteiger partial charge in [0.25, 0.3) is 0 Å². The van der Waals surface area contributed by atoms with Crippen LogP contribution in [0.2, 0.25) is 5.02 Å². The van der Waals surface area contributed by atoms with Crippen LogP contribution < -0.4 is 10.1 Å². The predicted octanol–water partition coefficient (Wildman–Crippen LogP) is 4.03. The zero-order chi connectivity index (χ0) is 16.2. The molecule has 0 radical (unpaired) electrons. The fourth-order valence-corrected chi connectivity index (χ4v) is 2.99. The third-order valence-electron chi connectivity index (χ3n) is 4.01. The lowest BCUT2D eigenvalue weighted by Crippen LogP contribution is -2.16. The van der Waals surface area contributed by atoms with Crippen LogP contribution in [0.3, 0.4) is 0 Å². The van der Waals surface area contributed by atoms with Crippen molar-refractivity contribution < 1.29 is 13.9 Å². The summed E-state index contributed by atoms with van der Waals surface area (Å²) in [7, 11) is 1.61. The van der Waals surface area contributed by atoms with Crippen LogP contribution in [0.15, 0.2) is 36.4 Å². The van der Waals surface area contributed by atoms with Crippen LogP contribution >= 0.6 is 11.6 Å². The van der Waals surface area contributed by atoms with Gasteiger partial charge in [-0.1, -0.05) is 17.7 Å². The molecular formula is C18H19ClFNO2. The Hall–Kier alpha value is -1.62. The molecule has 0 bridgehead atoms. The number of ether oxygens (including phenoxy) is 2. The summed E-state index contributed by atoms with van der Waals surface area (Å²) in [5, 5.41) is 3.86. The van der Waals surface area contributed by atoms with Crippen LogP contribution in [-0.2, 0) is 11.3 Å². The average molecular weight is 336 g/mol. The molecule has 2 aromatic rings. The molecule has 1 unspecified atom stereocenters. The van der Waals surface area contributed by atoms with Crippen molar-refractivity contribution in [1.29, 1.82) is 0 Å². The lowest BCUT2D eigenvalue weighted by Gasteiger charge is -2.16. The second kappa shape index (κ2) is 7.30. The lowest BCUT2D eigenvalue weighted by molar-refractivity contribution is 0.0543. The van der Waals surface area contributed by atoms with Crippen molar-refractivity contribution in [1.82, 2.24) is 5.32 Å². The first-order valence-corrected chi connectivity index (χ1v) is 8.00. The van der Waals surface area contributed by atoms with E-state index in [0.29, 0.717) is 17.4 Å². The molecule has 5 heteroatoms. The Morgan fingerprint density at radius 3 is 2.83 bits per heavy atom. The van der Waals surface area contributed by atoms with Crippen LogP contribution in [0.1, 0.15) is 12.0 Å². The highest BCUT2D eigenvalue weighted by molar-refractivity contribution is 6.31. The molecule has 23 heavy (non-hydrogen) atoms. The highest BCUT2D eigenvalue weighted by Crippen LogP contribution is 2.35. The SMILES string of the molecule is COc1ccc(Cl)cc1-c1ccc(F)cc1COC1CCNC1. The van der Waals surface area contributed by atoms with Crippen LogP contribution in [0.4, 0.5) is 4.39 Å². The van der Waals surface area contributed by atoms with Gasteiger partial charge in [-0.2, -0.15) is 0 Å². The maximum atomic E-state index is 13.7. The van der Waals surface area contributed by atoms with E-state index in [9.17, 15) is 4.39 Å². The first-order valence-electron chi connectivity index (χ1n) is 7.62. The Morgan fingerprint density at radius 1 is 1.22 bits per heavy atom. The van der Waals surface area contributed by atoms with Gasteiger partial charge in [0.2, 0.25) is 0 Å².